The molecule has 2 heterocycles. The first-order chi connectivity index (χ1) is 9.45. The molecule has 1 saturated heterocycles. The van der Waals surface area contributed by atoms with E-state index in [0.29, 0.717) is 18.9 Å². The highest BCUT2D eigenvalue weighted by Gasteiger charge is 2.37. The van der Waals surface area contributed by atoms with Crippen molar-refractivity contribution in [1.29, 1.82) is 0 Å². The Balaban J connectivity index is 2.25. The summed E-state index contributed by atoms with van der Waals surface area (Å²) in [7, 11) is -3.18. The smallest absolute Gasteiger partial charge is 0.214 e. The van der Waals surface area contributed by atoms with Crippen LogP contribution in [-0.2, 0) is 16.6 Å². The molecule has 1 aliphatic heterocycles. The van der Waals surface area contributed by atoms with Crippen LogP contribution in [0.1, 0.15) is 51.9 Å². The first-order valence-electron chi connectivity index (χ1n) is 7.33. The standard InChI is InChI=1S/C13H24N4O2S/c1-4-8-20(18,19)17-7-5-6-12(17)13-15-14-10-16(13)9-11(2)3/h10-12H,4-9H2,1-3H3/t12-/m1/s1. The van der Waals surface area contributed by atoms with E-state index >= 15 is 0 Å². The van der Waals surface area contributed by atoms with Crippen LogP contribution in [0.25, 0.3) is 0 Å². The maximum Gasteiger partial charge on any atom is 0.214 e. The van der Waals surface area contributed by atoms with E-state index in [0.717, 1.165) is 25.2 Å². The lowest BCUT2D eigenvalue weighted by molar-refractivity contribution is 0.364. The number of hydrogen-bond donors (Lipinski definition) is 0. The molecule has 0 radical (unpaired) electrons. The van der Waals surface area contributed by atoms with Gasteiger partial charge >= 0.3 is 0 Å². The van der Waals surface area contributed by atoms with Crippen molar-refractivity contribution in [3.63, 3.8) is 0 Å². The number of aromatic nitrogens is 3. The zero-order chi connectivity index (χ0) is 14.8. The van der Waals surface area contributed by atoms with Gasteiger partial charge < -0.3 is 4.57 Å². The molecule has 0 amide bonds. The SMILES string of the molecule is CCCS(=O)(=O)N1CCC[C@@H]1c1nncn1CC(C)C. The third-order valence-electron chi connectivity index (χ3n) is 3.53. The van der Waals surface area contributed by atoms with E-state index in [9.17, 15) is 8.42 Å². The summed E-state index contributed by atoms with van der Waals surface area (Å²) in [6, 6.07) is -0.146. The maximum atomic E-state index is 12.3. The quantitative estimate of drug-likeness (QED) is 0.803. The topological polar surface area (TPSA) is 68.1 Å². The third-order valence-corrected chi connectivity index (χ3v) is 5.60. The molecule has 0 unspecified atom stereocenters. The molecule has 114 valence electrons. The van der Waals surface area contributed by atoms with Crippen molar-refractivity contribution in [1.82, 2.24) is 19.1 Å². The van der Waals surface area contributed by atoms with Crippen LogP contribution in [0.3, 0.4) is 0 Å². The van der Waals surface area contributed by atoms with Crippen LogP contribution >= 0.6 is 0 Å². The van der Waals surface area contributed by atoms with Gasteiger partial charge in [-0.15, -0.1) is 10.2 Å². The van der Waals surface area contributed by atoms with Crippen LogP contribution in [0.4, 0.5) is 0 Å². The van der Waals surface area contributed by atoms with Crippen LogP contribution in [0.15, 0.2) is 6.33 Å². The molecular weight excluding hydrogens is 276 g/mol. The van der Waals surface area contributed by atoms with Gasteiger partial charge in [0.25, 0.3) is 0 Å². The molecule has 1 aliphatic rings. The minimum Gasteiger partial charge on any atom is -0.316 e. The monoisotopic (exact) mass is 300 g/mol. The Hall–Kier alpha value is -0.950. The summed E-state index contributed by atoms with van der Waals surface area (Å²) in [6.07, 6.45) is 4.07. The molecule has 0 aliphatic carbocycles. The van der Waals surface area contributed by atoms with E-state index in [1.165, 1.54) is 0 Å². The Morgan fingerprint density at radius 1 is 1.45 bits per heavy atom. The molecule has 7 heteroatoms. The van der Waals surface area contributed by atoms with Gasteiger partial charge in [-0.25, -0.2) is 8.42 Å². The second kappa shape index (κ2) is 6.22. The highest BCUT2D eigenvalue weighted by Crippen LogP contribution is 2.33. The maximum absolute atomic E-state index is 12.3. The van der Waals surface area contributed by atoms with Gasteiger partial charge in [-0.05, 0) is 25.2 Å². The fourth-order valence-corrected chi connectivity index (χ4v) is 4.51. The van der Waals surface area contributed by atoms with Gasteiger partial charge in [0.2, 0.25) is 10.0 Å². The molecule has 0 aromatic carbocycles. The Kier molecular flexibility index (Phi) is 4.80. The molecule has 1 aromatic heterocycles. The van der Waals surface area contributed by atoms with Crippen molar-refractivity contribution < 1.29 is 8.42 Å². The second-order valence-electron chi connectivity index (χ2n) is 5.82. The summed E-state index contributed by atoms with van der Waals surface area (Å²) in [4.78, 5) is 0. The average Bonchev–Trinajstić information content (AvgIpc) is 2.95. The van der Waals surface area contributed by atoms with Crippen molar-refractivity contribution >= 4 is 10.0 Å². The summed E-state index contributed by atoms with van der Waals surface area (Å²) in [5.41, 5.74) is 0. The molecular formula is C13H24N4O2S. The lowest BCUT2D eigenvalue weighted by atomic mass is 10.2. The van der Waals surface area contributed by atoms with E-state index < -0.39 is 10.0 Å². The van der Waals surface area contributed by atoms with Crippen LogP contribution in [0.2, 0.25) is 0 Å². The molecule has 20 heavy (non-hydrogen) atoms. The number of sulfonamides is 1. The third kappa shape index (κ3) is 3.20. The van der Waals surface area contributed by atoms with Crippen molar-refractivity contribution in [3.8, 4) is 0 Å². The first-order valence-corrected chi connectivity index (χ1v) is 8.93. The minimum atomic E-state index is -3.18. The zero-order valence-corrected chi connectivity index (χ0v) is 13.3. The van der Waals surface area contributed by atoms with Gasteiger partial charge in [0, 0.05) is 13.1 Å². The summed E-state index contributed by atoms with van der Waals surface area (Å²) in [5.74, 6) is 1.48. The van der Waals surface area contributed by atoms with E-state index in [1.807, 2.05) is 11.5 Å². The number of nitrogens with zero attached hydrogens (tertiary/aromatic N) is 4. The Labute approximate surface area is 121 Å². The van der Waals surface area contributed by atoms with Gasteiger partial charge in [0.15, 0.2) is 5.82 Å². The van der Waals surface area contributed by atoms with Gasteiger partial charge in [-0.2, -0.15) is 4.31 Å². The van der Waals surface area contributed by atoms with Crippen molar-refractivity contribution in [2.24, 2.45) is 5.92 Å². The van der Waals surface area contributed by atoms with Gasteiger partial charge in [-0.3, -0.25) is 0 Å². The molecule has 0 bridgehead atoms. The summed E-state index contributed by atoms with van der Waals surface area (Å²) in [6.45, 7) is 7.57. The summed E-state index contributed by atoms with van der Waals surface area (Å²) >= 11 is 0. The lowest BCUT2D eigenvalue weighted by Gasteiger charge is -2.24. The number of hydrogen-bond acceptors (Lipinski definition) is 4. The lowest BCUT2D eigenvalue weighted by Crippen LogP contribution is -2.33. The molecule has 0 spiro atoms. The fraction of sp³-hybridized carbons (Fsp3) is 0.846. The molecule has 6 nitrogen and oxygen atoms in total. The Morgan fingerprint density at radius 3 is 2.85 bits per heavy atom. The molecule has 1 aromatic rings. The fourth-order valence-electron chi connectivity index (χ4n) is 2.76. The summed E-state index contributed by atoms with van der Waals surface area (Å²) < 4.78 is 28.3. The largest absolute Gasteiger partial charge is 0.316 e. The van der Waals surface area contributed by atoms with Crippen LogP contribution in [0, 0.1) is 5.92 Å². The van der Waals surface area contributed by atoms with E-state index in [4.69, 9.17) is 0 Å². The Morgan fingerprint density at radius 2 is 2.20 bits per heavy atom. The highest BCUT2D eigenvalue weighted by molar-refractivity contribution is 7.89. The van der Waals surface area contributed by atoms with Crippen molar-refractivity contribution in [2.75, 3.05) is 12.3 Å². The van der Waals surface area contributed by atoms with E-state index in [-0.39, 0.29) is 11.8 Å². The number of rotatable bonds is 6. The predicted octanol–water partition coefficient (Wildman–Crippen LogP) is 1.81. The van der Waals surface area contributed by atoms with Crippen LogP contribution in [0.5, 0.6) is 0 Å². The second-order valence-corrected chi connectivity index (χ2v) is 7.86. The molecule has 2 rings (SSSR count). The molecule has 0 N–H and O–H groups in total. The Bertz CT molecular complexity index is 538. The van der Waals surface area contributed by atoms with Crippen LogP contribution < -0.4 is 0 Å². The predicted molar refractivity (Wildman–Crippen MR) is 77.6 cm³/mol. The van der Waals surface area contributed by atoms with Crippen molar-refractivity contribution in [3.05, 3.63) is 12.2 Å². The van der Waals surface area contributed by atoms with Crippen molar-refractivity contribution in [2.45, 2.75) is 52.6 Å². The van der Waals surface area contributed by atoms with Gasteiger partial charge in [0.05, 0.1) is 11.8 Å². The van der Waals surface area contributed by atoms with E-state index in [2.05, 4.69) is 24.0 Å². The normalized spacial score (nSPS) is 20.9. The first kappa shape index (κ1) is 15.4. The van der Waals surface area contributed by atoms with Crippen LogP contribution in [-0.4, -0.2) is 39.8 Å². The van der Waals surface area contributed by atoms with Gasteiger partial charge in [0.1, 0.15) is 6.33 Å². The van der Waals surface area contributed by atoms with Gasteiger partial charge in [-0.1, -0.05) is 20.8 Å². The highest BCUT2D eigenvalue weighted by atomic mass is 32.2. The average molecular weight is 300 g/mol. The summed E-state index contributed by atoms with van der Waals surface area (Å²) in [5, 5.41) is 8.16. The zero-order valence-electron chi connectivity index (χ0n) is 12.5. The molecule has 1 fully saturated rings. The van der Waals surface area contributed by atoms with E-state index in [1.54, 1.807) is 10.6 Å². The minimum absolute atomic E-state index is 0.146. The molecule has 1 atom stereocenters. The molecule has 0 saturated carbocycles.